The van der Waals surface area contributed by atoms with Crippen LogP contribution in [0.4, 0.5) is 0 Å². The van der Waals surface area contributed by atoms with Crippen molar-refractivity contribution in [2.24, 2.45) is 11.3 Å². The maximum absolute atomic E-state index is 2.46. The van der Waals surface area contributed by atoms with Crippen molar-refractivity contribution < 1.29 is 0 Å². The summed E-state index contributed by atoms with van der Waals surface area (Å²) < 4.78 is 0. The van der Waals surface area contributed by atoms with E-state index in [0.717, 1.165) is 5.92 Å². The molecule has 2 aromatic carbocycles. The minimum atomic E-state index is 0.105. The zero-order valence-electron chi connectivity index (χ0n) is 20.3. The SMILES string of the molecule is CC1CC(C)(C)CC(c2ccc(C(C)(C)C)cc2)(c2ccc(C(C)(C)C)cc2)C1. The van der Waals surface area contributed by atoms with E-state index >= 15 is 0 Å². The fourth-order valence-corrected chi connectivity index (χ4v) is 5.76. The molecule has 2 aromatic rings. The van der Waals surface area contributed by atoms with Crippen molar-refractivity contribution >= 4 is 0 Å². The summed E-state index contributed by atoms with van der Waals surface area (Å²) in [7, 11) is 0. The third-order valence-electron chi connectivity index (χ3n) is 6.99. The molecule has 1 aliphatic rings. The molecule has 0 N–H and O–H groups in total. The van der Waals surface area contributed by atoms with E-state index in [9.17, 15) is 0 Å². The molecule has 0 aliphatic heterocycles. The smallest absolute Gasteiger partial charge is 0.0210 e. The van der Waals surface area contributed by atoms with Gasteiger partial charge in [0.15, 0.2) is 0 Å². The normalized spacial score (nSPS) is 21.8. The zero-order chi connectivity index (χ0) is 21.7. The van der Waals surface area contributed by atoms with Gasteiger partial charge in [0.05, 0.1) is 0 Å². The molecule has 0 nitrogen and oxygen atoms in total. The molecule has 0 bridgehead atoms. The summed E-state index contributed by atoms with van der Waals surface area (Å²) in [6.45, 7) is 21.2. The van der Waals surface area contributed by atoms with Crippen LogP contribution in [-0.2, 0) is 16.2 Å². The maximum atomic E-state index is 2.46. The van der Waals surface area contributed by atoms with Gasteiger partial charge in [-0.15, -0.1) is 0 Å². The molecule has 0 heteroatoms. The largest absolute Gasteiger partial charge is 0.0624 e. The van der Waals surface area contributed by atoms with E-state index in [-0.39, 0.29) is 16.2 Å². The summed E-state index contributed by atoms with van der Waals surface area (Å²) in [5.74, 6) is 0.725. The molecule has 3 rings (SSSR count). The third-order valence-corrected chi connectivity index (χ3v) is 6.99. The minimum absolute atomic E-state index is 0.105. The van der Waals surface area contributed by atoms with Crippen molar-refractivity contribution in [3.63, 3.8) is 0 Å². The topological polar surface area (TPSA) is 0 Å². The highest BCUT2D eigenvalue weighted by molar-refractivity contribution is 5.44. The molecule has 0 aromatic heterocycles. The summed E-state index contributed by atoms with van der Waals surface area (Å²) >= 11 is 0. The van der Waals surface area contributed by atoms with E-state index in [1.807, 2.05) is 0 Å². The van der Waals surface area contributed by atoms with Crippen LogP contribution < -0.4 is 0 Å². The van der Waals surface area contributed by atoms with Crippen molar-refractivity contribution in [1.29, 1.82) is 0 Å². The van der Waals surface area contributed by atoms with E-state index < -0.39 is 0 Å². The predicted octanol–water partition coefficient (Wildman–Crippen LogP) is 8.41. The predicted molar refractivity (Wildman–Crippen MR) is 128 cm³/mol. The fraction of sp³-hybridized carbons (Fsp3) is 0.586. The Labute approximate surface area is 180 Å². The number of hydrogen-bond donors (Lipinski definition) is 0. The standard InChI is InChI=1S/C29H42/c1-21-18-28(8,9)20-29(19-21,24-14-10-22(11-15-24)26(2,3)4)25-16-12-23(13-17-25)27(5,6)7/h10-17,21H,18-20H2,1-9H3. The molecule has 0 amide bonds. The van der Waals surface area contributed by atoms with Crippen LogP contribution in [0.5, 0.6) is 0 Å². The summed E-state index contributed by atoms with van der Waals surface area (Å²) in [4.78, 5) is 0. The van der Waals surface area contributed by atoms with E-state index in [2.05, 4.69) is 111 Å². The van der Waals surface area contributed by atoms with Crippen molar-refractivity contribution in [2.45, 2.75) is 97.8 Å². The Morgan fingerprint density at radius 2 is 1.03 bits per heavy atom. The molecule has 0 heterocycles. The Morgan fingerprint density at radius 1 is 0.655 bits per heavy atom. The molecule has 1 unspecified atom stereocenters. The number of rotatable bonds is 2. The Balaban J connectivity index is 2.13. The first kappa shape index (κ1) is 22.1. The Bertz CT molecular complexity index is 762. The monoisotopic (exact) mass is 390 g/mol. The van der Waals surface area contributed by atoms with Crippen LogP contribution in [0, 0.1) is 11.3 Å². The summed E-state index contributed by atoms with van der Waals surface area (Å²) in [6.07, 6.45) is 3.77. The lowest BCUT2D eigenvalue weighted by atomic mass is 9.55. The summed E-state index contributed by atoms with van der Waals surface area (Å²) in [6, 6.07) is 19.2. The van der Waals surface area contributed by atoms with Gasteiger partial charge >= 0.3 is 0 Å². The Kier molecular flexibility index (Phi) is 5.57. The first-order chi connectivity index (χ1) is 13.2. The molecule has 158 valence electrons. The van der Waals surface area contributed by atoms with Crippen LogP contribution in [-0.4, -0.2) is 0 Å². The zero-order valence-corrected chi connectivity index (χ0v) is 20.3. The van der Waals surface area contributed by atoms with Gasteiger partial charge in [0, 0.05) is 5.41 Å². The van der Waals surface area contributed by atoms with Gasteiger partial charge in [-0.05, 0) is 63.7 Å². The average Bonchev–Trinajstić information content (AvgIpc) is 2.58. The molecule has 1 atom stereocenters. The van der Waals surface area contributed by atoms with Crippen LogP contribution in [0.1, 0.15) is 104 Å². The number of hydrogen-bond acceptors (Lipinski definition) is 0. The molecule has 29 heavy (non-hydrogen) atoms. The Hall–Kier alpha value is -1.56. The van der Waals surface area contributed by atoms with E-state index in [4.69, 9.17) is 0 Å². The van der Waals surface area contributed by atoms with Crippen LogP contribution >= 0.6 is 0 Å². The molecule has 0 radical (unpaired) electrons. The average molecular weight is 391 g/mol. The highest BCUT2D eigenvalue weighted by Gasteiger charge is 2.45. The highest BCUT2D eigenvalue weighted by atomic mass is 14.5. The van der Waals surface area contributed by atoms with Gasteiger partial charge in [-0.25, -0.2) is 0 Å². The first-order valence-corrected chi connectivity index (χ1v) is 11.5. The molecule has 0 spiro atoms. The van der Waals surface area contributed by atoms with Gasteiger partial charge in [-0.1, -0.05) is 111 Å². The van der Waals surface area contributed by atoms with Gasteiger partial charge in [-0.3, -0.25) is 0 Å². The highest BCUT2D eigenvalue weighted by Crippen LogP contribution is 2.53. The van der Waals surface area contributed by atoms with Crippen molar-refractivity contribution in [2.75, 3.05) is 0 Å². The molecule has 1 saturated carbocycles. The molecule has 1 aliphatic carbocycles. The van der Waals surface area contributed by atoms with Crippen molar-refractivity contribution in [3.05, 3.63) is 70.8 Å². The molecular weight excluding hydrogens is 348 g/mol. The molecular formula is C29H42. The second-order valence-electron chi connectivity index (χ2n) is 12.6. The lowest BCUT2D eigenvalue weighted by Crippen LogP contribution is -2.41. The van der Waals surface area contributed by atoms with Gasteiger partial charge in [-0.2, -0.15) is 0 Å². The lowest BCUT2D eigenvalue weighted by Gasteiger charge is -2.49. The second-order valence-corrected chi connectivity index (χ2v) is 12.6. The van der Waals surface area contributed by atoms with Gasteiger partial charge < -0.3 is 0 Å². The van der Waals surface area contributed by atoms with Crippen LogP contribution in [0.15, 0.2) is 48.5 Å². The molecule has 1 fully saturated rings. The number of benzene rings is 2. The quantitative estimate of drug-likeness (QED) is 0.483. The lowest BCUT2D eigenvalue weighted by molar-refractivity contribution is 0.127. The van der Waals surface area contributed by atoms with Gasteiger partial charge in [0.25, 0.3) is 0 Å². The maximum Gasteiger partial charge on any atom is 0.0210 e. The van der Waals surface area contributed by atoms with E-state index in [1.165, 1.54) is 41.5 Å². The summed E-state index contributed by atoms with van der Waals surface area (Å²) in [5.41, 5.74) is 6.67. The molecule has 0 saturated heterocycles. The van der Waals surface area contributed by atoms with Crippen molar-refractivity contribution in [3.8, 4) is 0 Å². The van der Waals surface area contributed by atoms with Crippen LogP contribution in [0.25, 0.3) is 0 Å². The Morgan fingerprint density at radius 3 is 1.34 bits per heavy atom. The second kappa shape index (κ2) is 7.29. The van der Waals surface area contributed by atoms with E-state index in [0.29, 0.717) is 5.41 Å². The first-order valence-electron chi connectivity index (χ1n) is 11.5. The fourth-order valence-electron chi connectivity index (χ4n) is 5.76. The summed E-state index contributed by atoms with van der Waals surface area (Å²) in [5, 5.41) is 0. The van der Waals surface area contributed by atoms with Crippen molar-refractivity contribution in [1.82, 2.24) is 0 Å². The van der Waals surface area contributed by atoms with Crippen LogP contribution in [0.3, 0.4) is 0 Å². The third kappa shape index (κ3) is 4.62. The van der Waals surface area contributed by atoms with E-state index in [1.54, 1.807) is 0 Å². The van der Waals surface area contributed by atoms with Gasteiger partial charge in [0.2, 0.25) is 0 Å². The van der Waals surface area contributed by atoms with Gasteiger partial charge in [0.1, 0.15) is 0 Å². The minimum Gasteiger partial charge on any atom is -0.0624 e. The van der Waals surface area contributed by atoms with Crippen LogP contribution in [0.2, 0.25) is 0 Å².